The lowest BCUT2D eigenvalue weighted by molar-refractivity contribution is -0.141. The van der Waals surface area contributed by atoms with Crippen LogP contribution in [0.4, 0.5) is 0 Å². The van der Waals surface area contributed by atoms with E-state index >= 15 is 0 Å². The minimum Gasteiger partial charge on any atom is -0.467 e. The van der Waals surface area contributed by atoms with E-state index in [-0.39, 0.29) is 30.7 Å². The number of carbonyl (C=O) groups excluding carboxylic acids is 3. The van der Waals surface area contributed by atoms with Crippen molar-refractivity contribution >= 4 is 17.7 Å². The van der Waals surface area contributed by atoms with Crippen LogP contribution in [0.1, 0.15) is 19.1 Å². The predicted octanol–water partition coefficient (Wildman–Crippen LogP) is -0.0234. The van der Waals surface area contributed by atoms with Crippen LogP contribution in [0.5, 0.6) is 0 Å². The molecule has 1 N–H and O–H groups in total. The van der Waals surface area contributed by atoms with Crippen LogP contribution in [0.2, 0.25) is 0 Å². The van der Waals surface area contributed by atoms with E-state index in [2.05, 4.69) is 5.32 Å². The molecule has 0 aromatic carbocycles. The molecule has 0 spiro atoms. The quantitative estimate of drug-likeness (QED) is 0.791. The molecule has 1 aliphatic heterocycles. The summed E-state index contributed by atoms with van der Waals surface area (Å²) in [5.41, 5.74) is 0. The molecule has 7 nitrogen and oxygen atoms in total. The van der Waals surface area contributed by atoms with Crippen LogP contribution >= 0.6 is 0 Å². The van der Waals surface area contributed by atoms with Crippen molar-refractivity contribution < 1.29 is 18.8 Å². The highest BCUT2D eigenvalue weighted by atomic mass is 16.3. The number of hydrogen-bond donors (Lipinski definition) is 1. The minimum absolute atomic E-state index is 0.0123. The summed E-state index contributed by atoms with van der Waals surface area (Å²) in [6, 6.07) is 3.49. The molecule has 114 valence electrons. The third-order valence-electron chi connectivity index (χ3n) is 3.43. The molecule has 2 rings (SSSR count). The van der Waals surface area contributed by atoms with Gasteiger partial charge in [0.1, 0.15) is 12.2 Å². The van der Waals surface area contributed by atoms with E-state index in [0.29, 0.717) is 31.9 Å². The number of nitrogens with one attached hydrogen (secondary N) is 1. The third kappa shape index (κ3) is 4.34. The van der Waals surface area contributed by atoms with Gasteiger partial charge in [-0.05, 0) is 12.1 Å². The zero-order chi connectivity index (χ0) is 15.2. The summed E-state index contributed by atoms with van der Waals surface area (Å²) < 4.78 is 5.09. The lowest BCUT2D eigenvalue weighted by atomic mass is 10.2. The summed E-state index contributed by atoms with van der Waals surface area (Å²) in [7, 11) is 0. The fraction of sp³-hybridized carbons (Fsp3) is 0.500. The maximum absolute atomic E-state index is 12.0. The Morgan fingerprint density at radius 1 is 1.19 bits per heavy atom. The van der Waals surface area contributed by atoms with Gasteiger partial charge in [0, 0.05) is 33.1 Å². The number of carbonyl (C=O) groups is 3. The second-order valence-corrected chi connectivity index (χ2v) is 4.92. The molecule has 0 atom stereocenters. The van der Waals surface area contributed by atoms with Crippen molar-refractivity contribution in [1.82, 2.24) is 15.1 Å². The van der Waals surface area contributed by atoms with Gasteiger partial charge in [0.25, 0.3) is 0 Å². The number of furan rings is 1. The Balaban J connectivity index is 1.71. The smallest absolute Gasteiger partial charge is 0.232 e. The molecule has 0 radical (unpaired) electrons. The van der Waals surface area contributed by atoms with Gasteiger partial charge in [-0.1, -0.05) is 0 Å². The van der Waals surface area contributed by atoms with Crippen LogP contribution in [0.15, 0.2) is 22.8 Å². The molecule has 21 heavy (non-hydrogen) atoms. The number of hydrogen-bond acceptors (Lipinski definition) is 4. The standard InChI is InChI=1S/C14H19N3O4/c1-11(18)16-4-6-17(7-5-16)14(20)9-13(19)15-10-12-3-2-8-21-12/h2-3,8H,4-7,9-10H2,1H3,(H,15,19). The van der Waals surface area contributed by atoms with Crippen LogP contribution in [-0.4, -0.2) is 53.7 Å². The Bertz CT molecular complexity index is 504. The van der Waals surface area contributed by atoms with Gasteiger partial charge in [0.2, 0.25) is 17.7 Å². The van der Waals surface area contributed by atoms with Crippen LogP contribution in [0, 0.1) is 0 Å². The largest absolute Gasteiger partial charge is 0.467 e. The Morgan fingerprint density at radius 3 is 2.43 bits per heavy atom. The van der Waals surface area contributed by atoms with E-state index < -0.39 is 0 Å². The molecule has 0 unspecified atom stereocenters. The molecule has 1 aromatic heterocycles. The topological polar surface area (TPSA) is 82.9 Å². The van der Waals surface area contributed by atoms with Crippen molar-refractivity contribution in [3.8, 4) is 0 Å². The normalized spacial score (nSPS) is 14.9. The fourth-order valence-electron chi connectivity index (χ4n) is 2.18. The Hall–Kier alpha value is -2.31. The Labute approximate surface area is 122 Å². The van der Waals surface area contributed by atoms with Gasteiger partial charge in [-0.25, -0.2) is 0 Å². The van der Waals surface area contributed by atoms with E-state index in [1.54, 1.807) is 21.9 Å². The lowest BCUT2D eigenvalue weighted by Crippen LogP contribution is -2.50. The lowest BCUT2D eigenvalue weighted by Gasteiger charge is -2.34. The molecular formula is C14H19N3O4. The monoisotopic (exact) mass is 293 g/mol. The Kier molecular flexibility index (Phi) is 4.97. The fourth-order valence-corrected chi connectivity index (χ4v) is 2.18. The number of rotatable bonds is 4. The third-order valence-corrected chi connectivity index (χ3v) is 3.43. The second-order valence-electron chi connectivity index (χ2n) is 4.92. The zero-order valence-electron chi connectivity index (χ0n) is 12.0. The highest BCUT2D eigenvalue weighted by Gasteiger charge is 2.23. The average molecular weight is 293 g/mol. The van der Waals surface area contributed by atoms with Crippen molar-refractivity contribution in [2.24, 2.45) is 0 Å². The summed E-state index contributed by atoms with van der Waals surface area (Å²) in [5.74, 6) is 0.115. The SMILES string of the molecule is CC(=O)N1CCN(C(=O)CC(=O)NCc2ccco2)CC1. The number of nitrogens with zero attached hydrogens (tertiary/aromatic N) is 2. The van der Waals surface area contributed by atoms with Crippen LogP contribution in [0.3, 0.4) is 0 Å². The predicted molar refractivity (Wildman–Crippen MR) is 74.0 cm³/mol. The first-order valence-corrected chi connectivity index (χ1v) is 6.88. The summed E-state index contributed by atoms with van der Waals surface area (Å²) in [4.78, 5) is 38.2. The molecule has 0 aliphatic carbocycles. The first kappa shape index (κ1) is 15.1. The van der Waals surface area contributed by atoms with Gasteiger partial charge in [-0.2, -0.15) is 0 Å². The number of amides is 3. The van der Waals surface area contributed by atoms with Gasteiger partial charge < -0.3 is 19.5 Å². The second kappa shape index (κ2) is 6.92. The first-order chi connectivity index (χ1) is 10.1. The van der Waals surface area contributed by atoms with Crippen molar-refractivity contribution in [1.29, 1.82) is 0 Å². The van der Waals surface area contributed by atoms with Gasteiger partial charge in [0.15, 0.2) is 0 Å². The van der Waals surface area contributed by atoms with Crippen molar-refractivity contribution in [2.45, 2.75) is 19.9 Å². The van der Waals surface area contributed by atoms with Crippen molar-refractivity contribution in [2.75, 3.05) is 26.2 Å². The molecule has 1 fully saturated rings. The highest BCUT2D eigenvalue weighted by Crippen LogP contribution is 2.04. The Morgan fingerprint density at radius 2 is 1.86 bits per heavy atom. The molecule has 7 heteroatoms. The van der Waals surface area contributed by atoms with E-state index in [1.807, 2.05) is 0 Å². The zero-order valence-corrected chi connectivity index (χ0v) is 12.0. The summed E-state index contributed by atoms with van der Waals surface area (Å²) in [6.07, 6.45) is 1.35. The van der Waals surface area contributed by atoms with Crippen LogP contribution < -0.4 is 5.32 Å². The average Bonchev–Trinajstić information content (AvgIpc) is 2.98. The van der Waals surface area contributed by atoms with E-state index in [9.17, 15) is 14.4 Å². The summed E-state index contributed by atoms with van der Waals surface area (Å²) in [5, 5.41) is 2.64. The van der Waals surface area contributed by atoms with Crippen molar-refractivity contribution in [3.05, 3.63) is 24.2 Å². The first-order valence-electron chi connectivity index (χ1n) is 6.88. The molecule has 1 aromatic rings. The highest BCUT2D eigenvalue weighted by molar-refractivity contribution is 5.96. The minimum atomic E-state index is -0.328. The van der Waals surface area contributed by atoms with E-state index in [1.165, 1.54) is 13.2 Å². The number of piperazine rings is 1. The van der Waals surface area contributed by atoms with E-state index in [4.69, 9.17) is 4.42 Å². The molecule has 0 bridgehead atoms. The van der Waals surface area contributed by atoms with Crippen molar-refractivity contribution in [3.63, 3.8) is 0 Å². The molecule has 2 heterocycles. The molecule has 0 saturated carbocycles. The van der Waals surface area contributed by atoms with Crippen LogP contribution in [0.25, 0.3) is 0 Å². The molecule has 1 aliphatic rings. The maximum Gasteiger partial charge on any atom is 0.232 e. The van der Waals surface area contributed by atoms with Crippen LogP contribution in [-0.2, 0) is 20.9 Å². The van der Waals surface area contributed by atoms with Gasteiger partial charge in [0.05, 0.1) is 12.8 Å². The van der Waals surface area contributed by atoms with Gasteiger partial charge in [-0.3, -0.25) is 14.4 Å². The molecular weight excluding hydrogens is 274 g/mol. The summed E-state index contributed by atoms with van der Waals surface area (Å²) >= 11 is 0. The maximum atomic E-state index is 12.0. The summed E-state index contributed by atoms with van der Waals surface area (Å²) in [6.45, 7) is 3.79. The van der Waals surface area contributed by atoms with Gasteiger partial charge in [-0.15, -0.1) is 0 Å². The van der Waals surface area contributed by atoms with Gasteiger partial charge >= 0.3 is 0 Å². The van der Waals surface area contributed by atoms with E-state index in [0.717, 1.165) is 0 Å². The molecule has 1 saturated heterocycles. The molecule has 3 amide bonds.